The third-order valence-corrected chi connectivity index (χ3v) is 1.59. The molecule has 0 saturated heterocycles. The predicted molar refractivity (Wildman–Crippen MR) is 40.0 cm³/mol. The SMILES string of the molecule is CC(C)c1c(N)noc1C(F)(F)F. The highest BCUT2D eigenvalue weighted by Crippen LogP contribution is 2.37. The van der Waals surface area contributed by atoms with Crippen LogP contribution in [0.5, 0.6) is 0 Å². The summed E-state index contributed by atoms with van der Waals surface area (Å²) < 4.78 is 40.8. The highest BCUT2D eigenvalue weighted by Gasteiger charge is 2.40. The summed E-state index contributed by atoms with van der Waals surface area (Å²) in [7, 11) is 0. The van der Waals surface area contributed by atoms with Crippen molar-refractivity contribution in [3.8, 4) is 0 Å². The molecule has 74 valence electrons. The van der Waals surface area contributed by atoms with Crippen LogP contribution in [-0.4, -0.2) is 5.16 Å². The lowest BCUT2D eigenvalue weighted by atomic mass is 10.0. The van der Waals surface area contributed by atoms with Gasteiger partial charge in [0.05, 0.1) is 5.56 Å². The van der Waals surface area contributed by atoms with Crippen LogP contribution in [-0.2, 0) is 6.18 Å². The van der Waals surface area contributed by atoms with Crippen LogP contribution in [0.2, 0.25) is 0 Å². The topological polar surface area (TPSA) is 52.0 Å². The van der Waals surface area contributed by atoms with E-state index in [9.17, 15) is 13.2 Å². The third-order valence-electron chi connectivity index (χ3n) is 1.59. The number of nitrogens with zero attached hydrogens (tertiary/aromatic N) is 1. The van der Waals surface area contributed by atoms with Crippen LogP contribution < -0.4 is 5.73 Å². The minimum absolute atomic E-state index is 0.0764. The van der Waals surface area contributed by atoms with E-state index in [0.717, 1.165) is 0 Å². The van der Waals surface area contributed by atoms with Crippen LogP contribution in [0.25, 0.3) is 0 Å². The van der Waals surface area contributed by atoms with Gasteiger partial charge in [-0.15, -0.1) is 0 Å². The molecule has 6 heteroatoms. The molecule has 1 aromatic rings. The Morgan fingerprint density at radius 1 is 1.38 bits per heavy atom. The van der Waals surface area contributed by atoms with Crippen molar-refractivity contribution in [2.24, 2.45) is 0 Å². The second-order valence-corrected chi connectivity index (χ2v) is 2.96. The van der Waals surface area contributed by atoms with Gasteiger partial charge in [0.2, 0.25) is 5.76 Å². The average Bonchev–Trinajstić information content (AvgIpc) is 2.28. The minimum Gasteiger partial charge on any atom is -0.381 e. The Bertz CT molecular complexity index is 303. The van der Waals surface area contributed by atoms with Crippen molar-refractivity contribution in [1.29, 1.82) is 0 Å². The summed E-state index contributed by atoms with van der Waals surface area (Å²) in [6.45, 7) is 3.19. The zero-order valence-electron chi connectivity index (χ0n) is 7.14. The molecule has 1 aromatic heterocycles. The maximum atomic E-state index is 12.2. The van der Waals surface area contributed by atoms with Gasteiger partial charge in [0.15, 0.2) is 5.82 Å². The molecule has 0 saturated carbocycles. The molecule has 0 aliphatic heterocycles. The predicted octanol–water partition coefficient (Wildman–Crippen LogP) is 2.40. The molecule has 0 radical (unpaired) electrons. The normalized spacial score (nSPS) is 12.5. The maximum Gasteiger partial charge on any atom is 0.452 e. The van der Waals surface area contributed by atoms with Crippen LogP contribution >= 0.6 is 0 Å². The average molecular weight is 194 g/mol. The molecule has 2 N–H and O–H groups in total. The molecular formula is C7H9F3N2O. The first-order chi connectivity index (χ1) is 5.84. The van der Waals surface area contributed by atoms with E-state index in [1.165, 1.54) is 0 Å². The number of nitrogens with two attached hydrogens (primary N) is 1. The molecule has 0 atom stereocenters. The van der Waals surface area contributed by atoms with Gasteiger partial charge in [-0.1, -0.05) is 19.0 Å². The Labute approximate surface area is 72.7 Å². The third kappa shape index (κ3) is 1.76. The number of anilines is 1. The van der Waals surface area contributed by atoms with E-state index >= 15 is 0 Å². The summed E-state index contributed by atoms with van der Waals surface area (Å²) in [5, 5.41) is 3.09. The van der Waals surface area contributed by atoms with Crippen molar-refractivity contribution in [3.05, 3.63) is 11.3 Å². The number of hydrogen-bond donors (Lipinski definition) is 1. The number of halogens is 3. The zero-order chi connectivity index (χ0) is 10.2. The minimum atomic E-state index is -4.52. The van der Waals surface area contributed by atoms with E-state index in [1.54, 1.807) is 13.8 Å². The van der Waals surface area contributed by atoms with E-state index < -0.39 is 11.9 Å². The highest BCUT2D eigenvalue weighted by molar-refractivity contribution is 5.43. The van der Waals surface area contributed by atoms with Gasteiger partial charge in [0.1, 0.15) is 0 Å². The molecule has 0 unspecified atom stereocenters. The molecule has 0 fully saturated rings. The second-order valence-electron chi connectivity index (χ2n) is 2.96. The van der Waals surface area contributed by atoms with Gasteiger partial charge in [0.25, 0.3) is 0 Å². The smallest absolute Gasteiger partial charge is 0.381 e. The van der Waals surface area contributed by atoms with Crippen molar-refractivity contribution in [3.63, 3.8) is 0 Å². The number of rotatable bonds is 1. The van der Waals surface area contributed by atoms with Gasteiger partial charge in [0, 0.05) is 0 Å². The number of alkyl halides is 3. The van der Waals surface area contributed by atoms with Gasteiger partial charge < -0.3 is 10.3 Å². The lowest BCUT2D eigenvalue weighted by Gasteiger charge is -2.07. The number of nitrogen functional groups attached to an aromatic ring is 1. The Balaban J connectivity index is 3.23. The van der Waals surface area contributed by atoms with Crippen molar-refractivity contribution >= 4 is 5.82 Å². The van der Waals surface area contributed by atoms with E-state index in [0.29, 0.717) is 0 Å². The Morgan fingerprint density at radius 2 is 1.92 bits per heavy atom. The zero-order valence-corrected chi connectivity index (χ0v) is 7.14. The lowest BCUT2D eigenvalue weighted by molar-refractivity contribution is -0.156. The first-order valence-electron chi connectivity index (χ1n) is 3.66. The molecule has 0 aliphatic rings. The monoisotopic (exact) mass is 194 g/mol. The molecule has 0 amide bonds. The van der Waals surface area contributed by atoms with Gasteiger partial charge in [-0.2, -0.15) is 13.2 Å². The molecule has 1 rings (SSSR count). The van der Waals surface area contributed by atoms with Crippen molar-refractivity contribution in [2.75, 3.05) is 5.73 Å². The second kappa shape index (κ2) is 2.93. The molecule has 3 nitrogen and oxygen atoms in total. The molecular weight excluding hydrogens is 185 g/mol. The Kier molecular flexibility index (Phi) is 2.23. The number of aromatic nitrogens is 1. The summed E-state index contributed by atoms with van der Waals surface area (Å²) in [6, 6.07) is 0. The van der Waals surface area contributed by atoms with Gasteiger partial charge in [-0.05, 0) is 5.92 Å². The molecule has 0 spiro atoms. The first-order valence-corrected chi connectivity index (χ1v) is 3.66. The molecule has 0 aromatic carbocycles. The molecule has 13 heavy (non-hydrogen) atoms. The lowest BCUT2D eigenvalue weighted by Crippen LogP contribution is -2.08. The number of hydrogen-bond acceptors (Lipinski definition) is 3. The van der Waals surface area contributed by atoms with E-state index in [2.05, 4.69) is 9.68 Å². The summed E-state index contributed by atoms with van der Waals surface area (Å²) in [6.07, 6.45) is -4.52. The van der Waals surface area contributed by atoms with E-state index in [4.69, 9.17) is 5.73 Å². The van der Waals surface area contributed by atoms with Crippen LogP contribution in [0.4, 0.5) is 19.0 Å². The van der Waals surface area contributed by atoms with Crippen molar-refractivity contribution in [1.82, 2.24) is 5.16 Å². The summed E-state index contributed by atoms with van der Waals surface area (Å²) in [5.41, 5.74) is 5.16. The van der Waals surface area contributed by atoms with Gasteiger partial charge in [-0.25, -0.2) is 0 Å². The fourth-order valence-electron chi connectivity index (χ4n) is 1.07. The van der Waals surface area contributed by atoms with Crippen LogP contribution in [0, 0.1) is 0 Å². The van der Waals surface area contributed by atoms with Crippen LogP contribution in [0.3, 0.4) is 0 Å². The molecule has 1 heterocycles. The summed E-state index contributed by atoms with van der Waals surface area (Å²) >= 11 is 0. The quantitative estimate of drug-likeness (QED) is 0.746. The summed E-state index contributed by atoms with van der Waals surface area (Å²) in [5.74, 6) is -1.65. The Hall–Kier alpha value is -1.20. The van der Waals surface area contributed by atoms with Gasteiger partial charge >= 0.3 is 6.18 Å². The van der Waals surface area contributed by atoms with Gasteiger partial charge in [-0.3, -0.25) is 0 Å². The first kappa shape index (κ1) is 9.88. The molecule has 0 bridgehead atoms. The Morgan fingerprint density at radius 3 is 2.23 bits per heavy atom. The fraction of sp³-hybridized carbons (Fsp3) is 0.571. The maximum absolute atomic E-state index is 12.2. The standard InChI is InChI=1S/C7H9F3N2O/c1-3(2)4-5(7(8,9)10)13-12-6(4)11/h3H,1-2H3,(H2,11,12). The van der Waals surface area contributed by atoms with E-state index in [1.807, 2.05) is 0 Å². The fourth-order valence-corrected chi connectivity index (χ4v) is 1.07. The summed E-state index contributed by atoms with van der Waals surface area (Å²) in [4.78, 5) is 0. The largest absolute Gasteiger partial charge is 0.452 e. The van der Waals surface area contributed by atoms with E-state index in [-0.39, 0.29) is 17.3 Å². The molecule has 0 aliphatic carbocycles. The highest BCUT2D eigenvalue weighted by atomic mass is 19.4. The van der Waals surface area contributed by atoms with Crippen molar-refractivity contribution < 1.29 is 17.7 Å². The van der Waals surface area contributed by atoms with Crippen LogP contribution in [0.15, 0.2) is 4.52 Å². The van der Waals surface area contributed by atoms with Crippen molar-refractivity contribution in [2.45, 2.75) is 25.9 Å². The van der Waals surface area contributed by atoms with Crippen LogP contribution in [0.1, 0.15) is 31.1 Å².